The zero-order valence-corrected chi connectivity index (χ0v) is 19.1. The number of carbonyl (C=O) groups is 1. The number of aromatic nitrogens is 2. The number of carbonyl (C=O) groups excluding carboxylic acids is 1. The number of alkyl halides is 3. The summed E-state index contributed by atoms with van der Waals surface area (Å²) in [5.74, 6) is -0.312. The third-order valence-corrected chi connectivity index (χ3v) is 7.86. The van der Waals surface area contributed by atoms with Crippen molar-refractivity contribution < 1.29 is 26.4 Å². The maximum Gasteiger partial charge on any atom is 0.416 e. The van der Waals surface area contributed by atoms with Gasteiger partial charge < -0.3 is 4.90 Å². The summed E-state index contributed by atoms with van der Waals surface area (Å²) in [6.45, 7) is 2.36. The van der Waals surface area contributed by atoms with E-state index in [1.54, 1.807) is 16.7 Å². The topological polar surface area (TPSA) is 84.6 Å². The van der Waals surface area contributed by atoms with E-state index in [0.717, 1.165) is 34.1 Å². The number of benzene rings is 2. The molecule has 0 unspecified atom stereocenters. The lowest BCUT2D eigenvalue weighted by atomic mass is 10.2. The maximum absolute atomic E-state index is 12.9. The summed E-state index contributed by atoms with van der Waals surface area (Å²) in [4.78, 5) is 26.9. The van der Waals surface area contributed by atoms with Gasteiger partial charge in [-0.1, -0.05) is 12.1 Å². The van der Waals surface area contributed by atoms with Crippen LogP contribution in [0.2, 0.25) is 0 Å². The molecule has 0 bridgehead atoms. The number of piperazine rings is 1. The molecule has 1 aliphatic heterocycles. The predicted molar refractivity (Wildman–Crippen MR) is 119 cm³/mol. The number of amides is 1. The van der Waals surface area contributed by atoms with Crippen molar-refractivity contribution in [3.63, 3.8) is 0 Å². The minimum absolute atomic E-state index is 0.000708. The van der Waals surface area contributed by atoms with Gasteiger partial charge in [0.25, 0.3) is 0 Å². The number of sulfonamides is 1. The van der Waals surface area contributed by atoms with Crippen LogP contribution in [-0.2, 0) is 34.1 Å². The van der Waals surface area contributed by atoms with E-state index in [1.165, 1.54) is 9.47 Å². The summed E-state index contributed by atoms with van der Waals surface area (Å²) in [6, 6.07) is 10.5. The van der Waals surface area contributed by atoms with Crippen molar-refractivity contribution in [2.45, 2.75) is 31.1 Å². The van der Waals surface area contributed by atoms with E-state index in [-0.39, 0.29) is 49.2 Å². The van der Waals surface area contributed by atoms with Crippen LogP contribution in [0.4, 0.5) is 13.2 Å². The summed E-state index contributed by atoms with van der Waals surface area (Å²) in [5, 5.41) is 0. The summed E-state index contributed by atoms with van der Waals surface area (Å²) >= 11 is 0. The Bertz CT molecular complexity index is 1370. The van der Waals surface area contributed by atoms with E-state index in [2.05, 4.69) is 0 Å². The molecule has 4 rings (SSSR count). The SMILES string of the molecule is CCn1c(=O)n(CC(=O)N2CCN(S(=O)(=O)c3ccc(C(F)(F)F)cc3)CC2)c2ccccc21. The van der Waals surface area contributed by atoms with Gasteiger partial charge in [-0.2, -0.15) is 17.5 Å². The molecule has 1 aliphatic rings. The lowest BCUT2D eigenvalue weighted by Crippen LogP contribution is -2.51. The third-order valence-electron chi connectivity index (χ3n) is 5.95. The molecule has 0 radical (unpaired) electrons. The van der Waals surface area contributed by atoms with E-state index in [9.17, 15) is 31.2 Å². The van der Waals surface area contributed by atoms with E-state index in [0.29, 0.717) is 12.1 Å². The third kappa shape index (κ3) is 4.34. The highest BCUT2D eigenvalue weighted by Crippen LogP contribution is 2.30. The van der Waals surface area contributed by atoms with Gasteiger partial charge >= 0.3 is 11.9 Å². The van der Waals surface area contributed by atoms with Gasteiger partial charge in [0.05, 0.1) is 21.5 Å². The van der Waals surface area contributed by atoms with Gasteiger partial charge in [-0.25, -0.2) is 13.2 Å². The molecular weight excluding hydrogens is 473 g/mol. The molecule has 0 saturated carbocycles. The van der Waals surface area contributed by atoms with E-state index < -0.39 is 21.8 Å². The first-order valence-corrected chi connectivity index (χ1v) is 12.1. The van der Waals surface area contributed by atoms with Gasteiger partial charge in [-0.15, -0.1) is 0 Å². The minimum atomic E-state index is -4.56. The standard InChI is InChI=1S/C22H23F3N4O4S/c1-2-28-18-5-3-4-6-19(18)29(21(28)31)15-20(30)26-11-13-27(14-12-26)34(32,33)17-9-7-16(8-10-17)22(23,24)25/h3-10H,2,11-15H2,1H3. The number of halogens is 3. The highest BCUT2D eigenvalue weighted by Gasteiger charge is 2.33. The minimum Gasteiger partial charge on any atom is -0.338 e. The first kappa shape index (κ1) is 24.0. The van der Waals surface area contributed by atoms with Gasteiger partial charge in [-0.05, 0) is 43.3 Å². The van der Waals surface area contributed by atoms with Crippen molar-refractivity contribution in [2.24, 2.45) is 0 Å². The number of hydrogen-bond acceptors (Lipinski definition) is 4. The average Bonchev–Trinajstić information content (AvgIpc) is 3.09. The molecule has 34 heavy (non-hydrogen) atoms. The molecule has 0 aliphatic carbocycles. The highest BCUT2D eigenvalue weighted by molar-refractivity contribution is 7.89. The fraction of sp³-hybridized carbons (Fsp3) is 0.364. The molecule has 12 heteroatoms. The smallest absolute Gasteiger partial charge is 0.338 e. The first-order chi connectivity index (χ1) is 16.0. The molecule has 0 spiro atoms. The van der Waals surface area contributed by atoms with Crippen molar-refractivity contribution in [1.82, 2.24) is 18.3 Å². The van der Waals surface area contributed by atoms with E-state index in [1.807, 2.05) is 19.1 Å². The molecule has 0 N–H and O–H groups in total. The second-order valence-electron chi connectivity index (χ2n) is 7.91. The van der Waals surface area contributed by atoms with Gasteiger partial charge in [0, 0.05) is 32.7 Å². The Hall–Kier alpha value is -3.12. The Balaban J connectivity index is 1.45. The number of para-hydroxylation sites is 2. The van der Waals surface area contributed by atoms with Gasteiger partial charge in [-0.3, -0.25) is 13.9 Å². The Morgan fingerprint density at radius 1 is 0.912 bits per heavy atom. The van der Waals surface area contributed by atoms with Crippen LogP contribution < -0.4 is 5.69 Å². The molecule has 8 nitrogen and oxygen atoms in total. The van der Waals surface area contributed by atoms with Crippen molar-refractivity contribution in [1.29, 1.82) is 0 Å². The van der Waals surface area contributed by atoms with Crippen molar-refractivity contribution in [3.8, 4) is 0 Å². The molecule has 3 aromatic rings. The summed E-state index contributed by atoms with van der Waals surface area (Å²) < 4.78 is 68.1. The van der Waals surface area contributed by atoms with Crippen LogP contribution in [0.5, 0.6) is 0 Å². The van der Waals surface area contributed by atoms with Crippen molar-refractivity contribution in [3.05, 3.63) is 64.6 Å². The van der Waals surface area contributed by atoms with Crippen LogP contribution in [-0.4, -0.2) is 58.8 Å². The molecule has 1 fully saturated rings. The Labute approximate surface area is 193 Å². The fourth-order valence-electron chi connectivity index (χ4n) is 4.11. The lowest BCUT2D eigenvalue weighted by molar-refractivity contribution is -0.137. The molecule has 0 atom stereocenters. The molecule has 182 valence electrons. The van der Waals surface area contributed by atoms with Gasteiger partial charge in [0.1, 0.15) is 6.54 Å². The Morgan fingerprint density at radius 3 is 2.00 bits per heavy atom. The Kier molecular flexibility index (Phi) is 6.30. The average molecular weight is 497 g/mol. The molecule has 2 heterocycles. The number of aryl methyl sites for hydroxylation is 1. The van der Waals surface area contributed by atoms with Crippen LogP contribution in [0, 0.1) is 0 Å². The van der Waals surface area contributed by atoms with Gasteiger partial charge in [0.2, 0.25) is 15.9 Å². The number of fused-ring (bicyclic) bond motifs is 1. The number of nitrogens with zero attached hydrogens (tertiary/aromatic N) is 4. The van der Waals surface area contributed by atoms with Crippen LogP contribution in [0.3, 0.4) is 0 Å². The van der Waals surface area contributed by atoms with Crippen LogP contribution >= 0.6 is 0 Å². The normalized spacial score (nSPS) is 15.7. The lowest BCUT2D eigenvalue weighted by Gasteiger charge is -2.34. The van der Waals surface area contributed by atoms with E-state index in [4.69, 9.17) is 0 Å². The zero-order valence-electron chi connectivity index (χ0n) is 18.3. The largest absolute Gasteiger partial charge is 0.416 e. The highest BCUT2D eigenvalue weighted by atomic mass is 32.2. The second-order valence-corrected chi connectivity index (χ2v) is 9.85. The monoisotopic (exact) mass is 496 g/mol. The van der Waals surface area contributed by atoms with Crippen LogP contribution in [0.25, 0.3) is 11.0 Å². The quantitative estimate of drug-likeness (QED) is 0.543. The fourth-order valence-corrected chi connectivity index (χ4v) is 5.53. The predicted octanol–water partition coefficient (Wildman–Crippen LogP) is 2.37. The van der Waals surface area contributed by atoms with Crippen LogP contribution in [0.15, 0.2) is 58.2 Å². The molecule has 1 amide bonds. The number of rotatable bonds is 5. The van der Waals surface area contributed by atoms with Crippen molar-refractivity contribution in [2.75, 3.05) is 26.2 Å². The van der Waals surface area contributed by atoms with Crippen LogP contribution in [0.1, 0.15) is 12.5 Å². The molecule has 2 aromatic carbocycles. The molecule has 1 saturated heterocycles. The number of imidazole rings is 1. The molecular formula is C22H23F3N4O4S. The summed E-state index contributed by atoms with van der Waals surface area (Å²) in [7, 11) is -4.00. The van der Waals surface area contributed by atoms with Crippen molar-refractivity contribution >= 4 is 27.0 Å². The zero-order chi connectivity index (χ0) is 24.7. The summed E-state index contributed by atoms with van der Waals surface area (Å²) in [6.07, 6.45) is -4.56. The summed E-state index contributed by atoms with van der Waals surface area (Å²) in [5.41, 5.74) is 0.156. The number of hydrogen-bond donors (Lipinski definition) is 0. The van der Waals surface area contributed by atoms with E-state index >= 15 is 0 Å². The maximum atomic E-state index is 12.9. The second kappa shape index (κ2) is 8.91. The Morgan fingerprint density at radius 2 is 1.47 bits per heavy atom. The molecule has 1 aromatic heterocycles. The first-order valence-electron chi connectivity index (χ1n) is 10.7. The van der Waals surface area contributed by atoms with Gasteiger partial charge in [0.15, 0.2) is 0 Å².